The lowest BCUT2D eigenvalue weighted by molar-refractivity contribution is 0.112. The largest absolute Gasteiger partial charge is 0.347 e. The van der Waals surface area contributed by atoms with Crippen molar-refractivity contribution in [1.82, 2.24) is 9.55 Å². The van der Waals surface area contributed by atoms with Crippen LogP contribution in [0, 0.1) is 0 Å². The average Bonchev–Trinajstić information content (AvgIpc) is 2.88. The molecule has 0 radical (unpaired) electrons. The Bertz CT molecular complexity index is 701. The zero-order valence-corrected chi connectivity index (χ0v) is 10.5. The Morgan fingerprint density at radius 2 is 2.16 bits per heavy atom. The smallest absolute Gasteiger partial charge is 0.150 e. The molecule has 0 amide bonds. The number of pyridine rings is 1. The molecule has 0 N–H and O–H groups in total. The summed E-state index contributed by atoms with van der Waals surface area (Å²) in [5.41, 5.74) is 3.04. The summed E-state index contributed by atoms with van der Waals surface area (Å²) < 4.78 is 2.18. The third kappa shape index (κ3) is 2.40. The van der Waals surface area contributed by atoms with Gasteiger partial charge in [0.2, 0.25) is 0 Å². The highest BCUT2D eigenvalue weighted by molar-refractivity contribution is 5.87. The molecule has 2 aromatic heterocycles. The molecule has 0 unspecified atom stereocenters. The zero-order valence-electron chi connectivity index (χ0n) is 10.5. The maximum atomic E-state index is 10.8. The quantitative estimate of drug-likeness (QED) is 0.667. The predicted molar refractivity (Wildman–Crippen MR) is 75.3 cm³/mol. The van der Waals surface area contributed by atoms with Gasteiger partial charge in [0, 0.05) is 36.2 Å². The van der Waals surface area contributed by atoms with Crippen LogP contribution in [0.25, 0.3) is 10.9 Å². The maximum Gasteiger partial charge on any atom is 0.150 e. The summed E-state index contributed by atoms with van der Waals surface area (Å²) in [6, 6.07) is 11.9. The van der Waals surface area contributed by atoms with Gasteiger partial charge in [-0.05, 0) is 35.6 Å². The van der Waals surface area contributed by atoms with Gasteiger partial charge in [-0.25, -0.2) is 0 Å². The first kappa shape index (κ1) is 11.7. The summed E-state index contributed by atoms with van der Waals surface area (Å²) in [7, 11) is 0. The van der Waals surface area contributed by atoms with Crippen LogP contribution >= 0.6 is 0 Å². The number of aromatic nitrogens is 2. The van der Waals surface area contributed by atoms with E-state index < -0.39 is 0 Å². The van der Waals surface area contributed by atoms with Crippen molar-refractivity contribution in [3.63, 3.8) is 0 Å². The Hall–Kier alpha value is -2.42. The van der Waals surface area contributed by atoms with Gasteiger partial charge in [-0.2, -0.15) is 0 Å². The molecule has 94 valence electrons. The highest BCUT2D eigenvalue weighted by atomic mass is 16.1. The second-order valence-corrected chi connectivity index (χ2v) is 4.56. The number of aryl methyl sites for hydroxylation is 2. The van der Waals surface area contributed by atoms with Gasteiger partial charge < -0.3 is 4.57 Å². The minimum Gasteiger partial charge on any atom is -0.347 e. The molecule has 3 aromatic rings. The summed E-state index contributed by atoms with van der Waals surface area (Å²) in [6.45, 7) is 0.886. The highest BCUT2D eigenvalue weighted by Crippen LogP contribution is 2.17. The van der Waals surface area contributed by atoms with Crippen molar-refractivity contribution in [2.45, 2.75) is 13.0 Å². The van der Waals surface area contributed by atoms with E-state index in [1.165, 1.54) is 5.56 Å². The lowest BCUT2D eigenvalue weighted by atomic mass is 10.2. The van der Waals surface area contributed by atoms with Crippen LogP contribution in [-0.2, 0) is 13.0 Å². The minimum absolute atomic E-state index is 0.717. The molecular formula is C16H14N2O. The third-order valence-electron chi connectivity index (χ3n) is 3.30. The fourth-order valence-electron chi connectivity index (χ4n) is 2.26. The van der Waals surface area contributed by atoms with E-state index in [0.717, 1.165) is 30.2 Å². The molecule has 3 rings (SSSR count). The van der Waals surface area contributed by atoms with Crippen LogP contribution in [0.15, 0.2) is 55.0 Å². The van der Waals surface area contributed by atoms with Gasteiger partial charge in [-0.3, -0.25) is 9.78 Å². The normalized spacial score (nSPS) is 10.7. The van der Waals surface area contributed by atoms with E-state index >= 15 is 0 Å². The number of aldehydes is 1. The Balaban J connectivity index is 1.86. The maximum absolute atomic E-state index is 10.8. The van der Waals surface area contributed by atoms with Gasteiger partial charge in [0.05, 0.1) is 0 Å². The third-order valence-corrected chi connectivity index (χ3v) is 3.30. The van der Waals surface area contributed by atoms with Crippen LogP contribution in [0.3, 0.4) is 0 Å². The van der Waals surface area contributed by atoms with Crippen LogP contribution in [0.4, 0.5) is 0 Å². The average molecular weight is 250 g/mol. The number of rotatable bonds is 4. The monoisotopic (exact) mass is 250 g/mol. The van der Waals surface area contributed by atoms with E-state index in [1.54, 1.807) is 6.20 Å². The Labute approximate surface area is 111 Å². The SMILES string of the molecule is O=Cc1ccc2ccn(CCc3cccnc3)c2c1. The molecule has 0 atom stereocenters. The lowest BCUT2D eigenvalue weighted by Gasteiger charge is -2.05. The van der Waals surface area contributed by atoms with E-state index in [9.17, 15) is 4.79 Å². The number of hydrogen-bond donors (Lipinski definition) is 0. The minimum atomic E-state index is 0.717. The lowest BCUT2D eigenvalue weighted by Crippen LogP contribution is -2.00. The van der Waals surface area contributed by atoms with Crippen molar-refractivity contribution in [1.29, 1.82) is 0 Å². The number of fused-ring (bicyclic) bond motifs is 1. The van der Waals surface area contributed by atoms with Gasteiger partial charge >= 0.3 is 0 Å². The molecule has 0 saturated carbocycles. The van der Waals surface area contributed by atoms with E-state index in [2.05, 4.69) is 27.9 Å². The Morgan fingerprint density at radius 3 is 2.95 bits per heavy atom. The summed E-state index contributed by atoms with van der Waals surface area (Å²) in [6.07, 6.45) is 7.56. The van der Waals surface area contributed by atoms with Crippen molar-refractivity contribution in [3.8, 4) is 0 Å². The first-order valence-corrected chi connectivity index (χ1v) is 6.30. The molecule has 0 fully saturated rings. The molecular weight excluding hydrogens is 236 g/mol. The first-order valence-electron chi connectivity index (χ1n) is 6.30. The zero-order chi connectivity index (χ0) is 13.1. The molecule has 0 aliphatic heterocycles. The summed E-state index contributed by atoms with van der Waals surface area (Å²) in [5.74, 6) is 0. The molecule has 0 aliphatic rings. The van der Waals surface area contributed by atoms with Crippen molar-refractivity contribution in [2.75, 3.05) is 0 Å². The van der Waals surface area contributed by atoms with E-state index in [4.69, 9.17) is 0 Å². The summed E-state index contributed by atoms with van der Waals surface area (Å²) in [4.78, 5) is 15.0. The van der Waals surface area contributed by atoms with Crippen molar-refractivity contribution >= 4 is 17.2 Å². The fourth-order valence-corrected chi connectivity index (χ4v) is 2.26. The van der Waals surface area contributed by atoms with Crippen LogP contribution in [-0.4, -0.2) is 15.8 Å². The molecule has 0 spiro atoms. The Morgan fingerprint density at radius 1 is 1.21 bits per heavy atom. The first-order chi connectivity index (χ1) is 9.36. The number of nitrogens with zero attached hydrogens (tertiary/aromatic N) is 2. The Kier molecular flexibility index (Phi) is 3.11. The van der Waals surface area contributed by atoms with Crippen molar-refractivity contribution in [2.24, 2.45) is 0 Å². The van der Waals surface area contributed by atoms with E-state index in [0.29, 0.717) is 5.56 Å². The standard InChI is InChI=1S/C16H14N2O/c19-12-14-3-4-15-6-9-18(16(15)10-14)8-5-13-2-1-7-17-11-13/h1-4,6-7,9-12H,5,8H2. The van der Waals surface area contributed by atoms with Crippen molar-refractivity contribution < 1.29 is 4.79 Å². The molecule has 3 heteroatoms. The second kappa shape index (κ2) is 5.06. The molecule has 0 saturated heterocycles. The molecule has 19 heavy (non-hydrogen) atoms. The van der Waals surface area contributed by atoms with Gasteiger partial charge in [-0.1, -0.05) is 18.2 Å². The van der Waals surface area contributed by atoms with Crippen molar-refractivity contribution in [3.05, 3.63) is 66.1 Å². The second-order valence-electron chi connectivity index (χ2n) is 4.56. The number of hydrogen-bond acceptors (Lipinski definition) is 2. The number of benzene rings is 1. The molecule has 3 nitrogen and oxygen atoms in total. The molecule has 2 heterocycles. The molecule has 0 bridgehead atoms. The summed E-state index contributed by atoms with van der Waals surface area (Å²) in [5, 5.41) is 1.16. The molecule has 1 aromatic carbocycles. The molecule has 0 aliphatic carbocycles. The van der Waals surface area contributed by atoms with Crippen LogP contribution in [0.5, 0.6) is 0 Å². The van der Waals surface area contributed by atoms with E-state index in [1.807, 2.05) is 30.5 Å². The summed E-state index contributed by atoms with van der Waals surface area (Å²) >= 11 is 0. The predicted octanol–water partition coefficient (Wildman–Crippen LogP) is 3.09. The topological polar surface area (TPSA) is 34.9 Å². The van der Waals surface area contributed by atoms with Gasteiger partial charge in [0.15, 0.2) is 0 Å². The van der Waals surface area contributed by atoms with Gasteiger partial charge in [0.25, 0.3) is 0 Å². The van der Waals surface area contributed by atoms with Gasteiger partial charge in [0.1, 0.15) is 6.29 Å². The van der Waals surface area contributed by atoms with Gasteiger partial charge in [-0.15, -0.1) is 0 Å². The van der Waals surface area contributed by atoms with Crippen LogP contribution in [0.1, 0.15) is 15.9 Å². The van der Waals surface area contributed by atoms with Crippen LogP contribution in [0.2, 0.25) is 0 Å². The number of carbonyl (C=O) groups excluding carboxylic acids is 1. The number of carbonyl (C=O) groups is 1. The van der Waals surface area contributed by atoms with Crippen LogP contribution < -0.4 is 0 Å². The fraction of sp³-hybridized carbons (Fsp3) is 0.125. The highest BCUT2D eigenvalue weighted by Gasteiger charge is 2.02. The van der Waals surface area contributed by atoms with E-state index in [-0.39, 0.29) is 0 Å².